The fourth-order valence-corrected chi connectivity index (χ4v) is 1.16. The summed E-state index contributed by atoms with van der Waals surface area (Å²) in [5, 5.41) is 0. The minimum atomic E-state index is -0.123. The van der Waals surface area contributed by atoms with E-state index in [4.69, 9.17) is 4.74 Å². The number of esters is 1. The van der Waals surface area contributed by atoms with Gasteiger partial charge in [-0.2, -0.15) is 0 Å². The molecule has 0 spiro atoms. The van der Waals surface area contributed by atoms with Gasteiger partial charge in [0.1, 0.15) is 0 Å². The van der Waals surface area contributed by atoms with Gasteiger partial charge < -0.3 is 4.74 Å². The van der Waals surface area contributed by atoms with Crippen LogP contribution < -0.4 is 0 Å². The molecule has 0 aromatic carbocycles. The molecule has 90 valence electrons. The number of allylic oxidation sites excluding steroid dienone is 1. The maximum absolute atomic E-state index is 11.5. The molecule has 3 heteroatoms. The molecule has 2 nitrogen and oxygen atoms in total. The summed E-state index contributed by atoms with van der Waals surface area (Å²) in [7, 11) is 0. The van der Waals surface area contributed by atoms with E-state index in [1.807, 2.05) is 13.0 Å². The monoisotopic (exact) mass is 322 g/mol. The maximum atomic E-state index is 11.5. The van der Waals surface area contributed by atoms with Gasteiger partial charge in [0.25, 0.3) is 0 Å². The Balaban J connectivity index is 0. The summed E-state index contributed by atoms with van der Waals surface area (Å²) in [6, 6.07) is 0. The number of rotatable bonds is 7. The Labute approximate surface area is 110 Å². The van der Waals surface area contributed by atoms with E-state index in [1.54, 1.807) is 0 Å². The van der Waals surface area contributed by atoms with Crippen molar-refractivity contribution < 1.29 is 9.53 Å². The summed E-state index contributed by atoms with van der Waals surface area (Å²) < 4.78 is 5.10. The van der Waals surface area contributed by atoms with Crippen molar-refractivity contribution in [1.29, 1.82) is 0 Å². The van der Waals surface area contributed by atoms with Gasteiger partial charge in [0.15, 0.2) is 0 Å². The van der Waals surface area contributed by atoms with E-state index >= 15 is 0 Å². The van der Waals surface area contributed by atoms with E-state index in [1.165, 1.54) is 0 Å². The Bertz CT molecular complexity index is 188. The van der Waals surface area contributed by atoms with Crippen LogP contribution in [0.15, 0.2) is 11.6 Å². The normalized spacial score (nSPS) is 10.7. The molecule has 0 saturated carbocycles. The molecule has 0 aliphatic heterocycles. The van der Waals surface area contributed by atoms with Gasteiger partial charge in [-0.25, -0.2) is 4.79 Å². The summed E-state index contributed by atoms with van der Waals surface area (Å²) in [6.07, 6.45) is 6.78. The molecule has 0 heterocycles. The molecule has 0 fully saturated rings. The van der Waals surface area contributed by atoms with Crippen molar-refractivity contribution in [1.82, 2.24) is 0 Å². The van der Waals surface area contributed by atoms with Gasteiger partial charge in [-0.05, 0) is 19.3 Å². The van der Waals surface area contributed by atoms with Crippen LogP contribution in [0.1, 0.15) is 52.9 Å². The topological polar surface area (TPSA) is 26.3 Å². The first kappa shape index (κ1) is 17.4. The van der Waals surface area contributed by atoms with Crippen LogP contribution in [-0.4, -0.2) is 36.5 Å². The molecular weight excluding hydrogens is 295 g/mol. The van der Waals surface area contributed by atoms with Crippen LogP contribution in [0.4, 0.5) is 0 Å². The molecule has 0 aliphatic rings. The van der Waals surface area contributed by atoms with Gasteiger partial charge in [0.2, 0.25) is 0 Å². The van der Waals surface area contributed by atoms with Crippen LogP contribution in [0.3, 0.4) is 0 Å². The van der Waals surface area contributed by atoms with Crippen LogP contribution >= 0.6 is 0 Å². The zero-order valence-corrected chi connectivity index (χ0v) is 9.64. The van der Waals surface area contributed by atoms with Crippen molar-refractivity contribution >= 4 is 29.9 Å². The number of unbranched alkanes of at least 4 members (excludes halogenated alkanes) is 1. The Morgan fingerprint density at radius 3 is 2.27 bits per heavy atom. The Morgan fingerprint density at radius 1 is 1.13 bits per heavy atom. The van der Waals surface area contributed by atoms with Crippen molar-refractivity contribution in [2.24, 2.45) is 0 Å². The number of hydrogen-bond donors (Lipinski definition) is 0. The first-order valence-electron chi connectivity index (χ1n) is 5.62. The molecule has 0 aromatic rings. The molecule has 0 aliphatic carbocycles. The molecule has 0 atom stereocenters. The fraction of sp³-hybridized carbons (Fsp3) is 0.750. The average molecular weight is 321 g/mol. The van der Waals surface area contributed by atoms with E-state index in [9.17, 15) is 4.79 Å². The van der Waals surface area contributed by atoms with Crippen molar-refractivity contribution in [3.8, 4) is 0 Å². The van der Waals surface area contributed by atoms with E-state index in [-0.39, 0.29) is 29.9 Å². The summed E-state index contributed by atoms with van der Waals surface area (Å²) >= 11 is 0. The second-order valence-electron chi connectivity index (χ2n) is 3.40. The number of hydrogen-bond acceptors (Lipinski definition) is 2. The molecule has 0 rings (SSSR count). The Hall–Kier alpha value is 0.00870. The van der Waals surface area contributed by atoms with Crippen LogP contribution in [0.2, 0.25) is 0 Å². The van der Waals surface area contributed by atoms with Crippen molar-refractivity contribution in [3.63, 3.8) is 0 Å². The summed E-state index contributed by atoms with van der Waals surface area (Å²) in [5.74, 6) is -0.123. The molecule has 0 aromatic heterocycles. The molecule has 0 N–H and O–H groups in total. The third kappa shape index (κ3) is 8.97. The first-order chi connectivity index (χ1) is 6.76. The molecule has 0 amide bonds. The van der Waals surface area contributed by atoms with Gasteiger partial charge in [0, 0.05) is 5.57 Å². The Kier molecular flexibility index (Phi) is 14.0. The van der Waals surface area contributed by atoms with E-state index in [0.29, 0.717) is 6.61 Å². The minimum absolute atomic E-state index is 0. The molecule has 0 bridgehead atoms. The van der Waals surface area contributed by atoms with Crippen LogP contribution in [-0.2, 0) is 9.53 Å². The quantitative estimate of drug-likeness (QED) is 0.407. The molecule has 15 heavy (non-hydrogen) atoms. The SMILES string of the molecule is CCCC=C(CCC)C(=O)OCCC.[SnH4]. The van der Waals surface area contributed by atoms with Crippen LogP contribution in [0.25, 0.3) is 0 Å². The summed E-state index contributed by atoms with van der Waals surface area (Å²) in [5.41, 5.74) is 0.850. The third-order valence-corrected chi connectivity index (χ3v) is 1.90. The van der Waals surface area contributed by atoms with Gasteiger partial charge in [0.05, 0.1) is 6.61 Å². The van der Waals surface area contributed by atoms with Crippen LogP contribution in [0.5, 0.6) is 0 Å². The van der Waals surface area contributed by atoms with Crippen molar-refractivity contribution in [3.05, 3.63) is 11.6 Å². The number of ether oxygens (including phenoxy) is 1. The van der Waals surface area contributed by atoms with Gasteiger partial charge >= 0.3 is 29.9 Å². The van der Waals surface area contributed by atoms with E-state index in [0.717, 1.165) is 37.7 Å². The summed E-state index contributed by atoms with van der Waals surface area (Å²) in [6.45, 7) is 6.72. The average Bonchev–Trinajstić information content (AvgIpc) is 2.20. The fourth-order valence-electron chi connectivity index (χ4n) is 1.16. The van der Waals surface area contributed by atoms with Crippen LogP contribution in [0, 0.1) is 0 Å². The standard InChI is InChI=1S/C12H22O2.Sn.4H/c1-4-7-9-11(8-5-2)12(13)14-10-6-3;;;;;/h9H,4-8,10H2,1-3H3;;;;;. The molecule has 0 unspecified atom stereocenters. The third-order valence-electron chi connectivity index (χ3n) is 1.90. The van der Waals surface area contributed by atoms with E-state index < -0.39 is 0 Å². The number of carbonyl (C=O) groups excluding carboxylic acids is 1. The number of carbonyl (C=O) groups is 1. The second kappa shape index (κ2) is 12.1. The van der Waals surface area contributed by atoms with Crippen molar-refractivity contribution in [2.45, 2.75) is 52.9 Å². The predicted octanol–water partition coefficient (Wildman–Crippen LogP) is 2.01. The summed E-state index contributed by atoms with van der Waals surface area (Å²) in [4.78, 5) is 11.5. The van der Waals surface area contributed by atoms with E-state index in [2.05, 4.69) is 13.8 Å². The zero-order valence-electron chi connectivity index (χ0n) is 9.64. The second-order valence-corrected chi connectivity index (χ2v) is 3.40. The van der Waals surface area contributed by atoms with Gasteiger partial charge in [-0.1, -0.05) is 39.7 Å². The molecular formula is C12H26O2Sn. The van der Waals surface area contributed by atoms with Gasteiger partial charge in [-0.3, -0.25) is 0 Å². The first-order valence-corrected chi connectivity index (χ1v) is 5.62. The zero-order chi connectivity index (χ0) is 10.8. The molecule has 0 saturated heterocycles. The molecule has 0 radical (unpaired) electrons. The van der Waals surface area contributed by atoms with Crippen molar-refractivity contribution in [2.75, 3.05) is 6.61 Å². The predicted molar refractivity (Wildman–Crippen MR) is 70.5 cm³/mol. The Morgan fingerprint density at radius 2 is 1.80 bits per heavy atom. The van der Waals surface area contributed by atoms with Gasteiger partial charge in [-0.15, -0.1) is 0 Å².